The van der Waals surface area contributed by atoms with Gasteiger partial charge < -0.3 is 4.90 Å². The third kappa shape index (κ3) is 4.13. The van der Waals surface area contributed by atoms with Crippen LogP contribution in [0, 0.1) is 0 Å². The molecule has 0 unspecified atom stereocenters. The molecule has 1 amide bonds. The van der Waals surface area contributed by atoms with Crippen molar-refractivity contribution < 1.29 is 4.79 Å². The van der Waals surface area contributed by atoms with Crippen molar-refractivity contribution >= 4 is 5.91 Å². The predicted molar refractivity (Wildman–Crippen MR) is 84.6 cm³/mol. The summed E-state index contributed by atoms with van der Waals surface area (Å²) in [6.07, 6.45) is 3.12. The van der Waals surface area contributed by atoms with E-state index in [9.17, 15) is 4.79 Å². The van der Waals surface area contributed by atoms with Crippen LogP contribution in [0.1, 0.15) is 38.9 Å². The second kappa shape index (κ2) is 8.26. The molecule has 118 valence electrons. The van der Waals surface area contributed by atoms with E-state index < -0.39 is 0 Å². The molecule has 0 saturated carbocycles. The van der Waals surface area contributed by atoms with Gasteiger partial charge in [-0.2, -0.15) is 4.68 Å². The van der Waals surface area contributed by atoms with Crippen LogP contribution in [0.15, 0.2) is 30.3 Å². The lowest BCUT2D eigenvalue weighted by Gasteiger charge is -2.18. The highest BCUT2D eigenvalue weighted by atomic mass is 16.2. The molecule has 1 aromatic carbocycles. The van der Waals surface area contributed by atoms with Crippen LogP contribution >= 0.6 is 0 Å². The molecule has 6 nitrogen and oxygen atoms in total. The van der Waals surface area contributed by atoms with Crippen LogP contribution in [-0.2, 0) is 11.2 Å². The summed E-state index contributed by atoms with van der Waals surface area (Å²) in [5.74, 6) is 1.06. The first-order valence-corrected chi connectivity index (χ1v) is 7.86. The maximum Gasteiger partial charge on any atom is 0.222 e. The van der Waals surface area contributed by atoms with Crippen molar-refractivity contribution in [2.45, 2.75) is 39.5 Å². The number of aryl methyl sites for hydroxylation is 1. The maximum absolute atomic E-state index is 11.9. The fraction of sp³-hybridized carbons (Fsp3) is 0.500. The molecule has 0 radical (unpaired) electrons. The number of aromatic nitrogens is 4. The maximum atomic E-state index is 11.9. The van der Waals surface area contributed by atoms with Gasteiger partial charge in [0, 0.05) is 25.9 Å². The Labute approximate surface area is 131 Å². The molecule has 22 heavy (non-hydrogen) atoms. The first-order chi connectivity index (χ1) is 10.8. The quantitative estimate of drug-likeness (QED) is 0.701. The van der Waals surface area contributed by atoms with Crippen molar-refractivity contribution in [1.29, 1.82) is 0 Å². The lowest BCUT2D eigenvalue weighted by atomic mass is 10.1. The molecule has 0 bridgehead atoms. The molecule has 6 heteroatoms. The SMILES string of the molecule is CCN(CC)C(=O)CCCCc1nnnn1-c1ccccc1. The van der Waals surface area contributed by atoms with Crippen molar-refractivity contribution in [2.75, 3.05) is 13.1 Å². The van der Waals surface area contributed by atoms with E-state index in [0.29, 0.717) is 6.42 Å². The highest BCUT2D eigenvalue weighted by Gasteiger charge is 2.10. The number of unbranched alkanes of at least 4 members (excludes halogenated alkanes) is 1. The minimum Gasteiger partial charge on any atom is -0.343 e. The van der Waals surface area contributed by atoms with Gasteiger partial charge in [-0.05, 0) is 49.2 Å². The van der Waals surface area contributed by atoms with Gasteiger partial charge in [-0.15, -0.1) is 5.10 Å². The van der Waals surface area contributed by atoms with E-state index in [1.807, 2.05) is 49.1 Å². The number of nitrogens with zero attached hydrogens (tertiary/aromatic N) is 5. The number of amides is 1. The van der Waals surface area contributed by atoms with Gasteiger partial charge in [-0.25, -0.2) is 0 Å². The van der Waals surface area contributed by atoms with Crippen LogP contribution in [0.25, 0.3) is 5.69 Å². The normalized spacial score (nSPS) is 10.6. The highest BCUT2D eigenvalue weighted by Crippen LogP contribution is 2.10. The summed E-state index contributed by atoms with van der Waals surface area (Å²) in [7, 11) is 0. The predicted octanol–water partition coefficient (Wildman–Crippen LogP) is 2.24. The lowest BCUT2D eigenvalue weighted by Crippen LogP contribution is -2.30. The number of carbonyl (C=O) groups excluding carboxylic acids is 1. The van der Waals surface area contributed by atoms with Gasteiger partial charge in [0.25, 0.3) is 0 Å². The van der Waals surface area contributed by atoms with Gasteiger partial charge in [-0.3, -0.25) is 4.79 Å². The van der Waals surface area contributed by atoms with Gasteiger partial charge in [0.05, 0.1) is 5.69 Å². The van der Waals surface area contributed by atoms with E-state index in [2.05, 4.69) is 15.5 Å². The summed E-state index contributed by atoms with van der Waals surface area (Å²) >= 11 is 0. The van der Waals surface area contributed by atoms with Crippen molar-refractivity contribution in [3.8, 4) is 5.69 Å². The monoisotopic (exact) mass is 301 g/mol. The summed E-state index contributed by atoms with van der Waals surface area (Å²) in [6, 6.07) is 9.84. The first kappa shape index (κ1) is 16.1. The molecule has 0 N–H and O–H groups in total. The van der Waals surface area contributed by atoms with Gasteiger partial charge in [-0.1, -0.05) is 18.2 Å². The zero-order chi connectivity index (χ0) is 15.8. The molecule has 2 aromatic rings. The van der Waals surface area contributed by atoms with E-state index >= 15 is 0 Å². The van der Waals surface area contributed by atoms with Gasteiger partial charge in [0.15, 0.2) is 5.82 Å². The van der Waals surface area contributed by atoms with Crippen LogP contribution in [-0.4, -0.2) is 44.1 Å². The van der Waals surface area contributed by atoms with Crippen LogP contribution in [0.3, 0.4) is 0 Å². The smallest absolute Gasteiger partial charge is 0.222 e. The van der Waals surface area contributed by atoms with Crippen LogP contribution < -0.4 is 0 Å². The Kier molecular flexibility index (Phi) is 6.06. The molecule has 0 atom stereocenters. The lowest BCUT2D eigenvalue weighted by molar-refractivity contribution is -0.130. The highest BCUT2D eigenvalue weighted by molar-refractivity contribution is 5.76. The Morgan fingerprint density at radius 3 is 2.55 bits per heavy atom. The Hall–Kier alpha value is -2.24. The molecular weight excluding hydrogens is 278 g/mol. The molecule has 0 aliphatic rings. The second-order valence-electron chi connectivity index (χ2n) is 5.12. The molecule has 1 heterocycles. The van der Waals surface area contributed by atoms with Crippen molar-refractivity contribution in [3.63, 3.8) is 0 Å². The molecular formula is C16H23N5O. The number of benzene rings is 1. The molecule has 0 saturated heterocycles. The third-order valence-corrected chi connectivity index (χ3v) is 3.69. The minimum atomic E-state index is 0.229. The third-order valence-electron chi connectivity index (χ3n) is 3.69. The molecule has 2 rings (SSSR count). The van der Waals surface area contributed by atoms with Gasteiger partial charge in [0.1, 0.15) is 0 Å². The fourth-order valence-corrected chi connectivity index (χ4v) is 2.43. The van der Waals surface area contributed by atoms with E-state index in [1.54, 1.807) is 4.68 Å². The van der Waals surface area contributed by atoms with Crippen molar-refractivity contribution in [3.05, 3.63) is 36.2 Å². The molecule has 0 aliphatic heterocycles. The standard InChI is InChI=1S/C16H23N5O/c1-3-20(4-2)16(22)13-9-8-12-15-17-18-19-21(15)14-10-6-5-7-11-14/h5-7,10-11H,3-4,8-9,12-13H2,1-2H3. The van der Waals surface area contributed by atoms with Crippen LogP contribution in [0.5, 0.6) is 0 Å². The number of carbonyl (C=O) groups is 1. The van der Waals surface area contributed by atoms with E-state index in [4.69, 9.17) is 0 Å². The summed E-state index contributed by atoms with van der Waals surface area (Å²) in [5.41, 5.74) is 0.960. The molecule has 1 aromatic heterocycles. The Morgan fingerprint density at radius 1 is 1.14 bits per heavy atom. The minimum absolute atomic E-state index is 0.229. The molecule has 0 spiro atoms. The average Bonchev–Trinajstić information content (AvgIpc) is 3.02. The first-order valence-electron chi connectivity index (χ1n) is 7.86. The number of hydrogen-bond donors (Lipinski definition) is 0. The summed E-state index contributed by atoms with van der Waals surface area (Å²) < 4.78 is 1.76. The topological polar surface area (TPSA) is 63.9 Å². The number of para-hydroxylation sites is 1. The van der Waals surface area contributed by atoms with Crippen LogP contribution in [0.2, 0.25) is 0 Å². The summed E-state index contributed by atoms with van der Waals surface area (Å²) in [4.78, 5) is 13.8. The van der Waals surface area contributed by atoms with Crippen molar-refractivity contribution in [1.82, 2.24) is 25.1 Å². The number of hydrogen-bond acceptors (Lipinski definition) is 4. The zero-order valence-corrected chi connectivity index (χ0v) is 13.3. The number of rotatable bonds is 8. The van der Waals surface area contributed by atoms with Crippen LogP contribution in [0.4, 0.5) is 0 Å². The van der Waals surface area contributed by atoms with Gasteiger partial charge >= 0.3 is 0 Å². The van der Waals surface area contributed by atoms with E-state index in [0.717, 1.165) is 43.9 Å². The van der Waals surface area contributed by atoms with Gasteiger partial charge in [0.2, 0.25) is 5.91 Å². The second-order valence-corrected chi connectivity index (χ2v) is 5.12. The zero-order valence-electron chi connectivity index (χ0n) is 13.3. The molecule has 0 aliphatic carbocycles. The summed E-state index contributed by atoms with van der Waals surface area (Å²) in [6.45, 7) is 5.58. The van der Waals surface area contributed by atoms with E-state index in [1.165, 1.54) is 0 Å². The Bertz CT molecular complexity index is 577. The van der Waals surface area contributed by atoms with Crippen molar-refractivity contribution in [2.24, 2.45) is 0 Å². The number of tetrazole rings is 1. The summed E-state index contributed by atoms with van der Waals surface area (Å²) in [5, 5.41) is 11.9. The largest absolute Gasteiger partial charge is 0.343 e. The fourth-order valence-electron chi connectivity index (χ4n) is 2.43. The average molecular weight is 301 g/mol. The Balaban J connectivity index is 1.84. The molecule has 0 fully saturated rings. The Morgan fingerprint density at radius 2 is 1.86 bits per heavy atom. The van der Waals surface area contributed by atoms with E-state index in [-0.39, 0.29) is 5.91 Å².